The van der Waals surface area contributed by atoms with Gasteiger partial charge in [-0.1, -0.05) is 60.7 Å². The Morgan fingerprint density at radius 3 is 2.39 bits per heavy atom. The van der Waals surface area contributed by atoms with Crippen LogP contribution in [0.15, 0.2) is 60.7 Å². The second-order valence-electron chi connectivity index (χ2n) is 7.04. The molecule has 0 bridgehead atoms. The molecule has 0 aromatic heterocycles. The molecule has 0 spiro atoms. The van der Waals surface area contributed by atoms with Gasteiger partial charge in [0.15, 0.2) is 0 Å². The van der Waals surface area contributed by atoms with E-state index in [2.05, 4.69) is 17.4 Å². The minimum absolute atomic E-state index is 0.0314. The van der Waals surface area contributed by atoms with Crippen LogP contribution in [0.25, 0.3) is 0 Å². The molecule has 1 unspecified atom stereocenters. The lowest BCUT2D eigenvalue weighted by Gasteiger charge is -2.31. The number of nitrogens with one attached hydrogen (secondary N) is 1. The number of hydrogen-bond donors (Lipinski definition) is 1. The van der Waals surface area contributed by atoms with E-state index < -0.39 is 0 Å². The molecule has 1 aliphatic heterocycles. The van der Waals surface area contributed by atoms with Crippen LogP contribution in [0.1, 0.15) is 11.1 Å². The highest BCUT2D eigenvalue weighted by atomic mass is 16.5. The summed E-state index contributed by atoms with van der Waals surface area (Å²) in [5, 5.41) is 2.97. The number of rotatable bonds is 7. The van der Waals surface area contributed by atoms with Crippen LogP contribution in [-0.4, -0.2) is 61.1 Å². The topological polar surface area (TPSA) is 61.9 Å². The summed E-state index contributed by atoms with van der Waals surface area (Å²) in [6.07, 6.45) is 0.609. The first kappa shape index (κ1) is 19.9. The molecule has 0 radical (unpaired) electrons. The first-order chi connectivity index (χ1) is 13.6. The second-order valence-corrected chi connectivity index (χ2v) is 7.04. The van der Waals surface area contributed by atoms with E-state index >= 15 is 0 Å². The van der Waals surface area contributed by atoms with Gasteiger partial charge in [-0.15, -0.1) is 0 Å². The summed E-state index contributed by atoms with van der Waals surface area (Å²) in [5.41, 5.74) is 2.29. The van der Waals surface area contributed by atoms with E-state index in [1.54, 1.807) is 11.9 Å². The molecule has 1 saturated heterocycles. The maximum Gasteiger partial charge on any atom is 0.317 e. The molecule has 1 atom stereocenters. The standard InChI is InChI=1S/C22H27N3O3/c1-24-16-20(28-17-21(24)26)14-23-22(27)25(15-19-10-6-3-7-11-19)13-12-18-8-4-2-5-9-18/h2-11,20H,12-17H2,1H3,(H,23,27). The third-order valence-electron chi connectivity index (χ3n) is 4.84. The second kappa shape index (κ2) is 9.90. The Morgan fingerprint density at radius 1 is 1.11 bits per heavy atom. The summed E-state index contributed by atoms with van der Waals surface area (Å²) in [6, 6.07) is 20.0. The lowest BCUT2D eigenvalue weighted by molar-refractivity contribution is -0.146. The van der Waals surface area contributed by atoms with Crippen LogP contribution >= 0.6 is 0 Å². The molecule has 1 N–H and O–H groups in total. The van der Waals surface area contributed by atoms with Crippen molar-refractivity contribution in [3.63, 3.8) is 0 Å². The normalized spacial score (nSPS) is 16.7. The zero-order valence-electron chi connectivity index (χ0n) is 16.2. The lowest BCUT2D eigenvalue weighted by Crippen LogP contribution is -2.50. The number of carbonyl (C=O) groups is 2. The zero-order valence-corrected chi connectivity index (χ0v) is 16.2. The van der Waals surface area contributed by atoms with Crippen LogP contribution in [-0.2, 0) is 22.5 Å². The predicted octanol–water partition coefficient (Wildman–Crippen LogP) is 2.30. The molecule has 3 rings (SSSR count). The molecular formula is C22H27N3O3. The lowest BCUT2D eigenvalue weighted by atomic mass is 10.1. The number of urea groups is 1. The van der Waals surface area contributed by atoms with Crippen molar-refractivity contribution < 1.29 is 14.3 Å². The molecule has 148 valence electrons. The van der Waals surface area contributed by atoms with Crippen LogP contribution in [0, 0.1) is 0 Å². The minimum atomic E-state index is -0.181. The quantitative estimate of drug-likeness (QED) is 0.801. The van der Waals surface area contributed by atoms with Crippen molar-refractivity contribution in [2.24, 2.45) is 0 Å². The van der Waals surface area contributed by atoms with Crippen LogP contribution in [0.3, 0.4) is 0 Å². The molecule has 1 heterocycles. The summed E-state index contributed by atoms with van der Waals surface area (Å²) < 4.78 is 5.51. The van der Waals surface area contributed by atoms with Gasteiger partial charge in [0.25, 0.3) is 0 Å². The van der Waals surface area contributed by atoms with E-state index in [4.69, 9.17) is 4.74 Å². The Hall–Kier alpha value is -2.86. The van der Waals surface area contributed by atoms with Gasteiger partial charge in [0.1, 0.15) is 6.61 Å². The maximum absolute atomic E-state index is 12.8. The summed E-state index contributed by atoms with van der Waals surface area (Å²) in [4.78, 5) is 27.8. The van der Waals surface area contributed by atoms with E-state index in [1.165, 1.54) is 5.56 Å². The van der Waals surface area contributed by atoms with Crippen LogP contribution in [0.5, 0.6) is 0 Å². The molecule has 2 aromatic rings. The number of hydrogen-bond acceptors (Lipinski definition) is 3. The summed E-state index contributed by atoms with van der Waals surface area (Å²) >= 11 is 0. The number of morpholine rings is 1. The van der Waals surface area contributed by atoms with Crippen LogP contribution in [0.4, 0.5) is 4.79 Å². The Kier molecular flexibility index (Phi) is 7.03. The third-order valence-corrected chi connectivity index (χ3v) is 4.84. The van der Waals surface area contributed by atoms with Crippen LogP contribution in [0.2, 0.25) is 0 Å². The average Bonchev–Trinajstić information content (AvgIpc) is 2.73. The highest BCUT2D eigenvalue weighted by Gasteiger charge is 2.24. The van der Waals surface area contributed by atoms with Crippen molar-refractivity contribution in [3.8, 4) is 0 Å². The van der Waals surface area contributed by atoms with Crippen molar-refractivity contribution in [1.29, 1.82) is 0 Å². The average molecular weight is 381 g/mol. The molecule has 28 heavy (non-hydrogen) atoms. The fourth-order valence-corrected chi connectivity index (χ4v) is 3.16. The van der Waals surface area contributed by atoms with E-state index in [1.807, 2.05) is 53.4 Å². The van der Waals surface area contributed by atoms with Gasteiger partial charge in [-0.05, 0) is 17.5 Å². The molecule has 2 aromatic carbocycles. The molecule has 6 heteroatoms. The summed E-state index contributed by atoms with van der Waals surface area (Å²) in [5.74, 6) is -0.0314. The number of ether oxygens (including phenoxy) is 1. The Morgan fingerprint density at radius 2 is 1.75 bits per heavy atom. The molecule has 0 aliphatic carbocycles. The van der Waals surface area contributed by atoms with Crippen molar-refractivity contribution >= 4 is 11.9 Å². The van der Waals surface area contributed by atoms with Gasteiger partial charge in [-0.2, -0.15) is 0 Å². The zero-order chi connectivity index (χ0) is 19.8. The highest BCUT2D eigenvalue weighted by molar-refractivity contribution is 5.78. The fraction of sp³-hybridized carbons (Fsp3) is 0.364. The van der Waals surface area contributed by atoms with Gasteiger partial charge in [-0.25, -0.2) is 4.79 Å². The summed E-state index contributed by atoms with van der Waals surface area (Å²) in [6.45, 7) is 2.10. The van der Waals surface area contributed by atoms with Gasteiger partial charge in [0.05, 0.1) is 6.10 Å². The monoisotopic (exact) mass is 381 g/mol. The largest absolute Gasteiger partial charge is 0.365 e. The van der Waals surface area contributed by atoms with Gasteiger partial charge < -0.3 is 19.9 Å². The number of benzene rings is 2. The first-order valence-electron chi connectivity index (χ1n) is 9.58. The maximum atomic E-state index is 12.8. The Bertz CT molecular complexity index is 767. The van der Waals surface area contributed by atoms with Gasteiger partial charge in [0.2, 0.25) is 5.91 Å². The molecule has 3 amide bonds. The van der Waals surface area contributed by atoms with Gasteiger partial charge in [0, 0.05) is 33.2 Å². The molecular weight excluding hydrogens is 354 g/mol. The van der Waals surface area contributed by atoms with Gasteiger partial charge in [-0.3, -0.25) is 4.79 Å². The van der Waals surface area contributed by atoms with Gasteiger partial charge >= 0.3 is 6.03 Å². The number of amides is 3. The third kappa shape index (κ3) is 5.82. The molecule has 0 saturated carbocycles. The molecule has 6 nitrogen and oxygen atoms in total. The minimum Gasteiger partial charge on any atom is -0.365 e. The fourth-order valence-electron chi connectivity index (χ4n) is 3.16. The molecule has 1 fully saturated rings. The smallest absolute Gasteiger partial charge is 0.317 e. The molecule has 1 aliphatic rings. The van der Waals surface area contributed by atoms with E-state index in [9.17, 15) is 9.59 Å². The van der Waals surface area contributed by atoms with Crippen molar-refractivity contribution in [1.82, 2.24) is 15.1 Å². The van der Waals surface area contributed by atoms with E-state index in [-0.39, 0.29) is 24.6 Å². The van der Waals surface area contributed by atoms with E-state index in [0.29, 0.717) is 26.2 Å². The number of likely N-dealkylation sites (N-methyl/N-ethyl adjacent to an activating group) is 1. The van der Waals surface area contributed by atoms with E-state index in [0.717, 1.165) is 12.0 Å². The number of nitrogens with zero attached hydrogens (tertiary/aromatic N) is 2. The van der Waals surface area contributed by atoms with Crippen LogP contribution < -0.4 is 5.32 Å². The van der Waals surface area contributed by atoms with Crippen molar-refractivity contribution in [2.45, 2.75) is 19.1 Å². The Labute approximate surface area is 166 Å². The number of carbonyl (C=O) groups excluding carboxylic acids is 2. The first-order valence-corrected chi connectivity index (χ1v) is 9.58. The highest BCUT2D eigenvalue weighted by Crippen LogP contribution is 2.09. The van der Waals surface area contributed by atoms with Crippen molar-refractivity contribution in [3.05, 3.63) is 71.8 Å². The van der Waals surface area contributed by atoms with Crippen molar-refractivity contribution in [2.75, 3.05) is 33.3 Å². The SMILES string of the molecule is CN1CC(CNC(=O)N(CCc2ccccc2)Cc2ccccc2)OCC1=O. The predicted molar refractivity (Wildman–Crippen MR) is 108 cm³/mol. The summed E-state index contributed by atoms with van der Waals surface area (Å²) in [7, 11) is 1.75. The Balaban J connectivity index is 1.58.